The van der Waals surface area contributed by atoms with Crippen molar-refractivity contribution >= 4 is 6.03 Å². The first-order valence-corrected chi connectivity index (χ1v) is 9.10. The topological polar surface area (TPSA) is 61.4 Å². The summed E-state index contributed by atoms with van der Waals surface area (Å²) in [7, 11) is 0. The van der Waals surface area contributed by atoms with Crippen molar-refractivity contribution in [3.63, 3.8) is 0 Å². The number of aliphatic hydroxyl groups excluding tert-OH is 1. The normalized spacial score (nSPS) is 31.0. The summed E-state index contributed by atoms with van der Waals surface area (Å²) in [6.07, 6.45) is 1.20. The third-order valence-electron chi connectivity index (χ3n) is 6.19. The Bertz CT molecular complexity index is 834. The van der Waals surface area contributed by atoms with Gasteiger partial charge < -0.3 is 15.7 Å². The van der Waals surface area contributed by atoms with E-state index in [1.165, 1.54) is 11.1 Å². The van der Waals surface area contributed by atoms with Gasteiger partial charge in [-0.15, -0.1) is 0 Å². The molecule has 3 N–H and O–H groups in total. The number of rotatable bonds is 3. The number of aliphatic hydroxyl groups is 1. The largest absolute Gasteiger partial charge is 0.390 e. The van der Waals surface area contributed by atoms with Gasteiger partial charge in [-0.25, -0.2) is 4.79 Å². The van der Waals surface area contributed by atoms with Gasteiger partial charge in [0.05, 0.1) is 12.1 Å². The number of benzene rings is 2. The Morgan fingerprint density at radius 1 is 1.00 bits per heavy atom. The van der Waals surface area contributed by atoms with Crippen LogP contribution < -0.4 is 10.6 Å². The van der Waals surface area contributed by atoms with Crippen LogP contribution in [0.2, 0.25) is 0 Å². The van der Waals surface area contributed by atoms with Crippen LogP contribution in [-0.2, 0) is 12.8 Å². The second kappa shape index (κ2) is 5.60. The number of carbonyl (C=O) groups is 1. The fraction of sp³-hybridized carbons (Fsp3) is 0.381. The van der Waals surface area contributed by atoms with Crippen molar-refractivity contribution in [3.8, 4) is 0 Å². The van der Waals surface area contributed by atoms with Crippen molar-refractivity contribution in [1.29, 1.82) is 0 Å². The van der Waals surface area contributed by atoms with Crippen molar-refractivity contribution in [3.05, 3.63) is 70.8 Å². The van der Waals surface area contributed by atoms with Crippen LogP contribution >= 0.6 is 0 Å². The van der Waals surface area contributed by atoms with Crippen molar-refractivity contribution in [2.45, 2.75) is 30.9 Å². The van der Waals surface area contributed by atoms with Gasteiger partial charge in [0.1, 0.15) is 0 Å². The van der Waals surface area contributed by atoms with E-state index in [0.717, 1.165) is 17.5 Å². The van der Waals surface area contributed by atoms with Gasteiger partial charge in [0, 0.05) is 13.0 Å². The lowest BCUT2D eigenvalue weighted by molar-refractivity contribution is 0.142. The summed E-state index contributed by atoms with van der Waals surface area (Å²) in [6, 6.07) is 16.1. The zero-order chi connectivity index (χ0) is 17.0. The molecule has 4 heteroatoms. The van der Waals surface area contributed by atoms with E-state index in [4.69, 9.17) is 0 Å². The van der Waals surface area contributed by atoms with E-state index >= 15 is 0 Å². The fourth-order valence-electron chi connectivity index (χ4n) is 4.91. The molecule has 0 aromatic heterocycles. The number of nitrogens with one attached hydrogen (secondary N) is 2. The minimum Gasteiger partial charge on any atom is -0.390 e. The predicted molar refractivity (Wildman–Crippen MR) is 95.3 cm³/mol. The highest BCUT2D eigenvalue weighted by Gasteiger charge is 2.55. The van der Waals surface area contributed by atoms with Crippen LogP contribution in [0.5, 0.6) is 0 Å². The average molecular weight is 334 g/mol. The van der Waals surface area contributed by atoms with Crippen LogP contribution in [0.15, 0.2) is 48.5 Å². The van der Waals surface area contributed by atoms with Crippen LogP contribution in [0, 0.1) is 11.8 Å². The molecule has 5 unspecified atom stereocenters. The molecule has 5 atom stereocenters. The van der Waals surface area contributed by atoms with Gasteiger partial charge in [-0.1, -0.05) is 48.5 Å². The first kappa shape index (κ1) is 15.0. The first-order valence-electron chi connectivity index (χ1n) is 9.10. The van der Waals surface area contributed by atoms with E-state index in [1.54, 1.807) is 0 Å². The average Bonchev–Trinajstić information content (AvgIpc) is 3.00. The molecule has 4 nitrogen and oxygen atoms in total. The number of amides is 2. The van der Waals surface area contributed by atoms with Crippen molar-refractivity contribution in [1.82, 2.24) is 10.6 Å². The minimum atomic E-state index is -0.546. The van der Waals surface area contributed by atoms with Crippen molar-refractivity contribution < 1.29 is 9.90 Å². The Morgan fingerprint density at radius 2 is 1.68 bits per heavy atom. The third kappa shape index (κ3) is 2.44. The maximum Gasteiger partial charge on any atom is 0.315 e. The van der Waals surface area contributed by atoms with Gasteiger partial charge >= 0.3 is 6.03 Å². The zero-order valence-electron chi connectivity index (χ0n) is 14.0. The number of hydrogen-bond acceptors (Lipinski definition) is 2. The van der Waals surface area contributed by atoms with Gasteiger partial charge in [0.15, 0.2) is 0 Å². The quantitative estimate of drug-likeness (QED) is 0.808. The maximum atomic E-state index is 12.3. The predicted octanol–water partition coefficient (Wildman–Crippen LogP) is 2.53. The molecule has 0 aliphatic heterocycles. The number of urea groups is 1. The van der Waals surface area contributed by atoms with Gasteiger partial charge in [0.2, 0.25) is 0 Å². The van der Waals surface area contributed by atoms with Crippen molar-refractivity contribution in [2.75, 3.05) is 6.54 Å². The Hall–Kier alpha value is -2.33. The van der Waals surface area contributed by atoms with Gasteiger partial charge in [-0.3, -0.25) is 0 Å². The summed E-state index contributed by atoms with van der Waals surface area (Å²) in [4.78, 5) is 12.3. The highest BCUT2D eigenvalue weighted by molar-refractivity contribution is 5.75. The number of carbonyl (C=O) groups excluding carboxylic acids is 1. The van der Waals surface area contributed by atoms with Gasteiger partial charge in [0.25, 0.3) is 0 Å². The molecule has 0 spiro atoms. The molecule has 2 aromatic rings. The van der Waals surface area contributed by atoms with Gasteiger partial charge in [-0.2, -0.15) is 0 Å². The minimum absolute atomic E-state index is 0.181. The molecule has 2 aromatic carbocycles. The monoisotopic (exact) mass is 334 g/mol. The fourth-order valence-corrected chi connectivity index (χ4v) is 4.91. The molecule has 1 fully saturated rings. The molecule has 1 saturated carbocycles. The second-order valence-electron chi connectivity index (χ2n) is 7.56. The zero-order valence-corrected chi connectivity index (χ0v) is 14.0. The molecule has 5 rings (SSSR count). The van der Waals surface area contributed by atoms with Crippen LogP contribution in [0.3, 0.4) is 0 Å². The Balaban J connectivity index is 1.18. The van der Waals surface area contributed by atoms with Crippen LogP contribution in [-0.4, -0.2) is 23.8 Å². The van der Waals surface area contributed by atoms with E-state index in [0.29, 0.717) is 30.7 Å². The molecule has 3 aliphatic rings. The summed E-state index contributed by atoms with van der Waals surface area (Å²) >= 11 is 0. The van der Waals surface area contributed by atoms with Crippen LogP contribution in [0.25, 0.3) is 0 Å². The summed E-state index contributed by atoms with van der Waals surface area (Å²) in [6.45, 7) is 0.708. The van der Waals surface area contributed by atoms with Gasteiger partial charge in [-0.05, 0) is 46.4 Å². The molecule has 3 aliphatic carbocycles. The highest BCUT2D eigenvalue weighted by Crippen LogP contribution is 2.60. The van der Waals surface area contributed by atoms with E-state index in [2.05, 4.69) is 34.9 Å². The molecule has 0 bridgehead atoms. The molecule has 0 heterocycles. The number of hydrogen-bond donors (Lipinski definition) is 3. The Morgan fingerprint density at radius 3 is 2.48 bits per heavy atom. The standard InChI is InChI=1S/C21H22N2O2/c24-18-10-13-6-2-4-8-15(13)20(18)23-21(25)22-11-17-16-9-12-5-1-3-7-14(12)19(16)17/h1-8,16-20,24H,9-11H2,(H2,22,23,25). The first-order chi connectivity index (χ1) is 12.2. The van der Waals surface area contributed by atoms with E-state index < -0.39 is 6.10 Å². The van der Waals surface area contributed by atoms with Crippen LogP contribution in [0.4, 0.5) is 4.79 Å². The molecule has 2 amide bonds. The Labute approximate surface area is 147 Å². The molecule has 25 heavy (non-hydrogen) atoms. The lowest BCUT2D eigenvalue weighted by Crippen LogP contribution is -2.41. The summed E-state index contributed by atoms with van der Waals surface area (Å²) < 4.78 is 0. The van der Waals surface area contributed by atoms with E-state index in [-0.39, 0.29) is 12.1 Å². The van der Waals surface area contributed by atoms with Crippen molar-refractivity contribution in [2.24, 2.45) is 11.8 Å². The van der Waals surface area contributed by atoms with E-state index in [1.807, 2.05) is 24.3 Å². The molecule has 128 valence electrons. The Kier molecular flexibility index (Phi) is 3.35. The molecular formula is C21H22N2O2. The lowest BCUT2D eigenvalue weighted by Gasteiger charge is -2.18. The summed E-state index contributed by atoms with van der Waals surface area (Å²) in [5.74, 6) is 1.87. The molecule has 0 radical (unpaired) electrons. The van der Waals surface area contributed by atoms with E-state index in [9.17, 15) is 9.90 Å². The second-order valence-corrected chi connectivity index (χ2v) is 7.56. The summed E-state index contributed by atoms with van der Waals surface area (Å²) in [5.41, 5.74) is 5.10. The highest BCUT2D eigenvalue weighted by atomic mass is 16.3. The molecule has 0 saturated heterocycles. The smallest absolute Gasteiger partial charge is 0.315 e. The SMILES string of the molecule is O=C(NCC1C2Cc3ccccc3C12)NC1c2ccccc2CC1O. The lowest BCUT2D eigenvalue weighted by atomic mass is 10.0. The maximum absolute atomic E-state index is 12.3. The van der Waals surface area contributed by atoms with Crippen LogP contribution in [0.1, 0.15) is 34.2 Å². The summed E-state index contributed by atoms with van der Waals surface area (Å²) in [5, 5.41) is 16.2. The third-order valence-corrected chi connectivity index (χ3v) is 6.19. The molecular weight excluding hydrogens is 312 g/mol. The number of fused-ring (bicyclic) bond motifs is 4.